The fraction of sp³-hybridized carbons (Fsp3) is 0.286. The Morgan fingerprint density at radius 3 is 2.74 bits per heavy atom. The molecule has 0 radical (unpaired) electrons. The molecule has 0 aromatic heterocycles. The average Bonchev–Trinajstić information content (AvgIpc) is 2.36. The van der Waals surface area contributed by atoms with Crippen molar-refractivity contribution >= 4 is 11.7 Å². The summed E-state index contributed by atoms with van der Waals surface area (Å²) in [7, 11) is 0. The first-order valence-corrected chi connectivity index (χ1v) is 5.93. The minimum absolute atomic E-state index is 0.0601. The minimum atomic E-state index is -0.566. The van der Waals surface area contributed by atoms with Crippen molar-refractivity contribution in [2.75, 3.05) is 6.61 Å². The highest BCUT2D eigenvalue weighted by molar-refractivity contribution is 6.41. The second kappa shape index (κ2) is 7.31. The van der Waals surface area contributed by atoms with Gasteiger partial charge >= 0.3 is 5.97 Å². The zero-order valence-electron chi connectivity index (χ0n) is 11.0. The molecule has 0 heterocycles. The van der Waals surface area contributed by atoms with Crippen LogP contribution in [0.15, 0.2) is 41.0 Å². The fourth-order valence-corrected chi connectivity index (χ4v) is 1.39. The van der Waals surface area contributed by atoms with E-state index in [0.29, 0.717) is 11.3 Å². The lowest BCUT2D eigenvalue weighted by molar-refractivity contribution is -0.134. The number of allylic oxidation sites excluding steroid dienone is 1. The first-order valence-electron chi connectivity index (χ1n) is 5.93. The second-order valence-corrected chi connectivity index (χ2v) is 3.90. The molecule has 0 saturated heterocycles. The molecule has 0 amide bonds. The molecule has 0 bridgehead atoms. The summed E-state index contributed by atoms with van der Waals surface area (Å²) >= 11 is 0. The molecule has 102 valence electrons. The van der Waals surface area contributed by atoms with Crippen LogP contribution in [-0.4, -0.2) is 18.3 Å². The Balaban J connectivity index is 2.92. The van der Waals surface area contributed by atoms with Gasteiger partial charge in [-0.25, -0.2) is 9.18 Å². The highest BCUT2D eigenvalue weighted by Gasteiger charge is 2.10. The van der Waals surface area contributed by atoms with Crippen molar-refractivity contribution in [3.63, 3.8) is 0 Å². The first kappa shape index (κ1) is 14.9. The predicted molar refractivity (Wildman–Crippen MR) is 72.1 cm³/mol. The van der Waals surface area contributed by atoms with E-state index in [1.807, 2.05) is 0 Å². The Morgan fingerprint density at radius 2 is 2.16 bits per heavy atom. The Hall–Kier alpha value is -2.17. The van der Waals surface area contributed by atoms with Gasteiger partial charge in [-0.3, -0.25) is 4.99 Å². The molecule has 0 saturated carbocycles. The van der Waals surface area contributed by atoms with E-state index in [0.717, 1.165) is 0 Å². The highest BCUT2D eigenvalue weighted by Crippen LogP contribution is 2.08. The molecule has 0 aliphatic rings. The van der Waals surface area contributed by atoms with E-state index in [1.165, 1.54) is 12.1 Å². The lowest BCUT2D eigenvalue weighted by Crippen LogP contribution is -2.17. The molecule has 4 nitrogen and oxygen atoms in total. The number of nitrogens with zero attached hydrogens (tertiary/aromatic N) is 1. The summed E-state index contributed by atoms with van der Waals surface area (Å²) in [5.74, 6) is -0.924. The highest BCUT2D eigenvalue weighted by atomic mass is 19.1. The van der Waals surface area contributed by atoms with Gasteiger partial charge in [0.25, 0.3) is 0 Å². The number of hydrogen-bond donors (Lipinski definition) is 1. The molecule has 0 atom stereocenters. The van der Waals surface area contributed by atoms with Gasteiger partial charge in [0.15, 0.2) is 0 Å². The van der Waals surface area contributed by atoms with Crippen LogP contribution in [0.2, 0.25) is 0 Å². The summed E-state index contributed by atoms with van der Waals surface area (Å²) in [6, 6.07) is 6.26. The van der Waals surface area contributed by atoms with Gasteiger partial charge in [-0.05, 0) is 26.0 Å². The van der Waals surface area contributed by atoms with Gasteiger partial charge in [0.05, 0.1) is 13.2 Å². The summed E-state index contributed by atoms with van der Waals surface area (Å²) in [5, 5.41) is 0. The summed E-state index contributed by atoms with van der Waals surface area (Å²) in [5.41, 5.74) is 6.45. The summed E-state index contributed by atoms with van der Waals surface area (Å²) in [6.45, 7) is 3.64. The number of nitrogens with two attached hydrogens (primary N) is 1. The number of carbonyl (C=O) groups excluding carboxylic acids is 1. The predicted octanol–water partition coefficient (Wildman–Crippen LogP) is 2.19. The van der Waals surface area contributed by atoms with Crippen LogP contribution in [0.5, 0.6) is 0 Å². The molecule has 0 aliphatic heterocycles. The zero-order chi connectivity index (χ0) is 14.3. The van der Waals surface area contributed by atoms with E-state index >= 15 is 0 Å². The third-order valence-electron chi connectivity index (χ3n) is 2.23. The fourth-order valence-electron chi connectivity index (χ4n) is 1.39. The van der Waals surface area contributed by atoms with Crippen molar-refractivity contribution in [1.29, 1.82) is 0 Å². The maximum atomic E-state index is 13.4. The number of halogens is 1. The molecule has 1 rings (SSSR count). The lowest BCUT2D eigenvalue weighted by atomic mass is 10.2. The van der Waals surface area contributed by atoms with Crippen LogP contribution in [0, 0.1) is 5.82 Å². The Labute approximate surface area is 111 Å². The van der Waals surface area contributed by atoms with Gasteiger partial charge in [0, 0.05) is 11.3 Å². The number of aliphatic imine (C=N–C) groups is 1. The van der Waals surface area contributed by atoms with Crippen LogP contribution in [0.1, 0.15) is 19.4 Å². The van der Waals surface area contributed by atoms with Crippen molar-refractivity contribution in [1.82, 2.24) is 0 Å². The summed E-state index contributed by atoms with van der Waals surface area (Å²) in [4.78, 5) is 15.7. The van der Waals surface area contributed by atoms with Gasteiger partial charge < -0.3 is 10.5 Å². The van der Waals surface area contributed by atoms with Crippen molar-refractivity contribution < 1.29 is 13.9 Å². The molecule has 2 N–H and O–H groups in total. The molecular formula is C14H17FN2O2. The van der Waals surface area contributed by atoms with Gasteiger partial charge in [0.1, 0.15) is 11.5 Å². The number of benzene rings is 1. The van der Waals surface area contributed by atoms with Crippen molar-refractivity contribution in [2.45, 2.75) is 20.4 Å². The van der Waals surface area contributed by atoms with E-state index in [2.05, 4.69) is 4.99 Å². The van der Waals surface area contributed by atoms with E-state index in [4.69, 9.17) is 10.5 Å². The maximum Gasteiger partial charge on any atom is 0.356 e. The zero-order valence-corrected chi connectivity index (χ0v) is 11.0. The van der Waals surface area contributed by atoms with Crippen LogP contribution in [0.25, 0.3) is 0 Å². The molecule has 19 heavy (non-hydrogen) atoms. The van der Waals surface area contributed by atoms with E-state index in [-0.39, 0.29) is 24.7 Å². The average molecular weight is 264 g/mol. The monoisotopic (exact) mass is 264 g/mol. The number of rotatable bonds is 5. The van der Waals surface area contributed by atoms with Crippen LogP contribution in [0.3, 0.4) is 0 Å². The third kappa shape index (κ3) is 4.91. The molecule has 1 aromatic carbocycles. The van der Waals surface area contributed by atoms with Gasteiger partial charge in [-0.15, -0.1) is 0 Å². The van der Waals surface area contributed by atoms with E-state index < -0.39 is 5.97 Å². The number of esters is 1. The van der Waals surface area contributed by atoms with E-state index in [1.54, 1.807) is 32.0 Å². The van der Waals surface area contributed by atoms with Crippen LogP contribution in [0.4, 0.5) is 4.39 Å². The summed E-state index contributed by atoms with van der Waals surface area (Å²) < 4.78 is 18.3. The maximum absolute atomic E-state index is 13.4. The first-order chi connectivity index (χ1) is 9.04. The standard InChI is InChI=1S/C14H17FN2O2/c1-3-19-14(18)13(8-10(2)16)17-9-11-6-4-5-7-12(11)15/h4-8H,3,9,16H2,1-2H3. The van der Waals surface area contributed by atoms with Crippen LogP contribution >= 0.6 is 0 Å². The quantitative estimate of drug-likeness (QED) is 0.655. The van der Waals surface area contributed by atoms with Crippen molar-refractivity contribution in [3.8, 4) is 0 Å². The van der Waals surface area contributed by atoms with Gasteiger partial charge in [-0.2, -0.15) is 0 Å². The number of ether oxygens (including phenoxy) is 1. The topological polar surface area (TPSA) is 64.7 Å². The molecule has 5 heteroatoms. The Morgan fingerprint density at radius 1 is 1.47 bits per heavy atom. The smallest absolute Gasteiger partial charge is 0.356 e. The Kier molecular flexibility index (Phi) is 5.73. The normalized spacial score (nSPS) is 12.4. The molecule has 0 fully saturated rings. The number of carbonyl (C=O) groups is 1. The largest absolute Gasteiger partial charge is 0.461 e. The second-order valence-electron chi connectivity index (χ2n) is 3.90. The van der Waals surface area contributed by atoms with Crippen molar-refractivity contribution in [2.24, 2.45) is 10.7 Å². The molecular weight excluding hydrogens is 247 g/mol. The van der Waals surface area contributed by atoms with Gasteiger partial charge in [-0.1, -0.05) is 18.2 Å². The summed E-state index contributed by atoms with van der Waals surface area (Å²) in [6.07, 6.45) is 1.42. The van der Waals surface area contributed by atoms with Gasteiger partial charge in [0.2, 0.25) is 0 Å². The molecule has 0 aliphatic carbocycles. The SMILES string of the molecule is CCOC(=O)C(C=C(C)N)=NCc1ccccc1F. The minimum Gasteiger partial charge on any atom is -0.461 e. The molecule has 0 spiro atoms. The molecule has 1 aromatic rings. The lowest BCUT2D eigenvalue weighted by Gasteiger charge is -2.04. The van der Waals surface area contributed by atoms with Crippen LogP contribution < -0.4 is 5.73 Å². The van der Waals surface area contributed by atoms with Crippen molar-refractivity contribution in [3.05, 3.63) is 47.4 Å². The molecule has 0 unspecified atom stereocenters. The third-order valence-corrected chi connectivity index (χ3v) is 2.23. The Bertz CT molecular complexity index is 506. The number of hydrogen-bond acceptors (Lipinski definition) is 4. The van der Waals surface area contributed by atoms with E-state index in [9.17, 15) is 9.18 Å². The van der Waals surface area contributed by atoms with Crippen LogP contribution in [-0.2, 0) is 16.1 Å².